The monoisotopic (exact) mass is 315 g/mol. The van der Waals surface area contributed by atoms with Crippen LogP contribution in [-0.4, -0.2) is 45.2 Å². The molecular weight excluding hydrogens is 294 g/mol. The van der Waals surface area contributed by atoms with Gasteiger partial charge in [-0.1, -0.05) is 24.3 Å². The summed E-state index contributed by atoms with van der Waals surface area (Å²) in [4.78, 5) is 6.76. The van der Waals surface area contributed by atoms with E-state index in [1.807, 2.05) is 48.0 Å². The lowest BCUT2D eigenvalue weighted by Crippen LogP contribution is -2.42. The van der Waals surface area contributed by atoms with Crippen molar-refractivity contribution in [2.75, 3.05) is 24.6 Å². The van der Waals surface area contributed by atoms with Gasteiger partial charge in [0.1, 0.15) is 0 Å². The first-order valence-electron chi connectivity index (χ1n) is 7.43. The zero-order valence-electron chi connectivity index (χ0n) is 12.8. The SMILES string of the molecule is Cn1cc(-c2ccccc2CN=C(N)N2CCSCC2)cn1. The van der Waals surface area contributed by atoms with E-state index < -0.39 is 0 Å². The summed E-state index contributed by atoms with van der Waals surface area (Å²) in [6.45, 7) is 2.58. The number of hydrogen-bond donors (Lipinski definition) is 1. The summed E-state index contributed by atoms with van der Waals surface area (Å²) >= 11 is 1.97. The summed E-state index contributed by atoms with van der Waals surface area (Å²) in [5.41, 5.74) is 9.59. The number of thioether (sulfide) groups is 1. The Morgan fingerprint density at radius 3 is 2.82 bits per heavy atom. The maximum Gasteiger partial charge on any atom is 0.191 e. The fraction of sp³-hybridized carbons (Fsp3) is 0.375. The van der Waals surface area contributed by atoms with E-state index in [4.69, 9.17) is 5.73 Å². The van der Waals surface area contributed by atoms with Crippen molar-refractivity contribution in [3.63, 3.8) is 0 Å². The molecule has 1 saturated heterocycles. The van der Waals surface area contributed by atoms with Crippen LogP contribution in [-0.2, 0) is 13.6 Å². The molecular formula is C16H21N5S. The first kappa shape index (κ1) is 15.0. The molecule has 6 heteroatoms. The Hall–Kier alpha value is -1.95. The molecule has 1 fully saturated rings. The van der Waals surface area contributed by atoms with Gasteiger partial charge in [0.15, 0.2) is 5.96 Å². The van der Waals surface area contributed by atoms with Crippen molar-refractivity contribution in [3.05, 3.63) is 42.2 Å². The molecule has 1 aliphatic rings. The van der Waals surface area contributed by atoms with E-state index in [-0.39, 0.29) is 0 Å². The average Bonchev–Trinajstić information content (AvgIpc) is 3.00. The lowest BCUT2D eigenvalue weighted by atomic mass is 10.0. The Bertz CT molecular complexity index is 658. The smallest absolute Gasteiger partial charge is 0.191 e. The third kappa shape index (κ3) is 3.44. The van der Waals surface area contributed by atoms with Gasteiger partial charge in [0.25, 0.3) is 0 Å². The van der Waals surface area contributed by atoms with Gasteiger partial charge in [-0.05, 0) is 11.1 Å². The second-order valence-corrected chi connectivity index (χ2v) is 6.56. The molecule has 0 bridgehead atoms. The summed E-state index contributed by atoms with van der Waals surface area (Å²) in [6.07, 6.45) is 3.90. The number of benzene rings is 1. The number of rotatable bonds is 3. The van der Waals surface area contributed by atoms with Crippen LogP contribution in [0.1, 0.15) is 5.56 Å². The second-order valence-electron chi connectivity index (χ2n) is 5.33. The minimum Gasteiger partial charge on any atom is -0.370 e. The molecule has 0 saturated carbocycles. The zero-order valence-corrected chi connectivity index (χ0v) is 13.6. The molecule has 1 aromatic heterocycles. The number of guanidine groups is 1. The highest BCUT2D eigenvalue weighted by Gasteiger charge is 2.12. The summed E-state index contributed by atoms with van der Waals surface area (Å²) < 4.78 is 1.81. The maximum atomic E-state index is 6.14. The Labute approximate surface area is 135 Å². The Balaban J connectivity index is 1.77. The Morgan fingerprint density at radius 1 is 1.32 bits per heavy atom. The highest BCUT2D eigenvalue weighted by Crippen LogP contribution is 2.23. The van der Waals surface area contributed by atoms with Crippen molar-refractivity contribution >= 4 is 17.7 Å². The van der Waals surface area contributed by atoms with Gasteiger partial charge < -0.3 is 10.6 Å². The van der Waals surface area contributed by atoms with Crippen molar-refractivity contribution in [2.45, 2.75) is 6.54 Å². The predicted molar refractivity (Wildman–Crippen MR) is 92.9 cm³/mol. The number of aromatic nitrogens is 2. The zero-order chi connectivity index (χ0) is 15.4. The van der Waals surface area contributed by atoms with E-state index >= 15 is 0 Å². The van der Waals surface area contributed by atoms with Gasteiger partial charge in [-0.3, -0.25) is 4.68 Å². The minimum absolute atomic E-state index is 0.598. The summed E-state index contributed by atoms with van der Waals surface area (Å²) in [5.74, 6) is 2.91. The molecule has 116 valence electrons. The van der Waals surface area contributed by atoms with Gasteiger partial charge in [0.05, 0.1) is 12.7 Å². The van der Waals surface area contributed by atoms with Crippen LogP contribution < -0.4 is 5.73 Å². The lowest BCUT2D eigenvalue weighted by molar-refractivity contribution is 0.455. The first-order chi connectivity index (χ1) is 10.7. The fourth-order valence-electron chi connectivity index (χ4n) is 2.56. The van der Waals surface area contributed by atoms with E-state index in [1.54, 1.807) is 0 Å². The fourth-order valence-corrected chi connectivity index (χ4v) is 3.46. The van der Waals surface area contributed by atoms with Crippen LogP contribution in [0.2, 0.25) is 0 Å². The van der Waals surface area contributed by atoms with Crippen molar-refractivity contribution in [1.29, 1.82) is 0 Å². The number of nitrogens with zero attached hydrogens (tertiary/aromatic N) is 4. The molecule has 0 amide bonds. The third-order valence-corrected chi connectivity index (χ3v) is 4.72. The molecule has 0 radical (unpaired) electrons. The van der Waals surface area contributed by atoms with Gasteiger partial charge in [0, 0.05) is 43.4 Å². The molecule has 22 heavy (non-hydrogen) atoms. The molecule has 0 atom stereocenters. The van der Waals surface area contributed by atoms with Crippen LogP contribution in [0.15, 0.2) is 41.7 Å². The van der Waals surface area contributed by atoms with Crippen molar-refractivity contribution in [1.82, 2.24) is 14.7 Å². The van der Waals surface area contributed by atoms with E-state index in [1.165, 1.54) is 11.1 Å². The van der Waals surface area contributed by atoms with Gasteiger partial charge >= 0.3 is 0 Å². The van der Waals surface area contributed by atoms with Crippen LogP contribution in [0, 0.1) is 0 Å². The Kier molecular flexibility index (Phi) is 4.68. The third-order valence-electron chi connectivity index (χ3n) is 3.78. The number of hydrogen-bond acceptors (Lipinski definition) is 3. The number of aliphatic imine (C=N–C) groups is 1. The molecule has 3 rings (SSSR count). The molecule has 1 aromatic carbocycles. The molecule has 2 heterocycles. The van der Waals surface area contributed by atoms with Crippen LogP contribution in [0.4, 0.5) is 0 Å². The highest BCUT2D eigenvalue weighted by molar-refractivity contribution is 7.99. The van der Waals surface area contributed by atoms with Crippen molar-refractivity contribution < 1.29 is 0 Å². The lowest BCUT2D eigenvalue weighted by Gasteiger charge is -2.27. The summed E-state index contributed by atoms with van der Waals surface area (Å²) in [6, 6.07) is 8.29. The van der Waals surface area contributed by atoms with Gasteiger partial charge in [-0.2, -0.15) is 16.9 Å². The van der Waals surface area contributed by atoms with Crippen LogP contribution in [0.25, 0.3) is 11.1 Å². The predicted octanol–water partition coefficient (Wildman–Crippen LogP) is 1.95. The molecule has 0 aliphatic carbocycles. The summed E-state index contributed by atoms with van der Waals surface area (Å²) in [5, 5.41) is 4.25. The Morgan fingerprint density at radius 2 is 2.09 bits per heavy atom. The van der Waals surface area contributed by atoms with Gasteiger partial charge in [0.2, 0.25) is 0 Å². The standard InChI is InChI=1S/C16H21N5S/c1-20-12-14(11-19-20)15-5-3-2-4-13(15)10-18-16(17)21-6-8-22-9-7-21/h2-5,11-12H,6-10H2,1H3,(H2,17,18). The maximum absolute atomic E-state index is 6.14. The quantitative estimate of drug-likeness (QED) is 0.695. The van der Waals surface area contributed by atoms with Crippen LogP contribution >= 0.6 is 11.8 Å². The summed E-state index contributed by atoms with van der Waals surface area (Å²) in [7, 11) is 1.93. The average molecular weight is 315 g/mol. The largest absolute Gasteiger partial charge is 0.370 e. The molecule has 1 aliphatic heterocycles. The van der Waals surface area contributed by atoms with E-state index in [2.05, 4.69) is 27.1 Å². The van der Waals surface area contributed by atoms with Crippen molar-refractivity contribution in [2.24, 2.45) is 17.8 Å². The molecule has 5 nitrogen and oxygen atoms in total. The molecule has 2 aromatic rings. The highest BCUT2D eigenvalue weighted by atomic mass is 32.2. The van der Waals surface area contributed by atoms with E-state index in [9.17, 15) is 0 Å². The topological polar surface area (TPSA) is 59.4 Å². The molecule has 0 unspecified atom stereocenters. The van der Waals surface area contributed by atoms with Crippen LogP contribution in [0.5, 0.6) is 0 Å². The minimum atomic E-state index is 0.598. The van der Waals surface area contributed by atoms with Crippen molar-refractivity contribution in [3.8, 4) is 11.1 Å². The number of aryl methyl sites for hydroxylation is 1. The van der Waals surface area contributed by atoms with Gasteiger partial charge in [-0.25, -0.2) is 4.99 Å². The van der Waals surface area contributed by atoms with E-state index in [0.29, 0.717) is 12.5 Å². The molecule has 2 N–H and O–H groups in total. The van der Waals surface area contributed by atoms with Crippen LogP contribution in [0.3, 0.4) is 0 Å². The molecule has 0 spiro atoms. The second kappa shape index (κ2) is 6.87. The van der Waals surface area contributed by atoms with Gasteiger partial charge in [-0.15, -0.1) is 0 Å². The van der Waals surface area contributed by atoms with E-state index in [0.717, 1.165) is 30.2 Å². The normalized spacial score (nSPS) is 16.0. The first-order valence-corrected chi connectivity index (χ1v) is 8.59. The number of nitrogens with two attached hydrogens (primary N) is 1.